The van der Waals surface area contributed by atoms with E-state index in [1.54, 1.807) is 0 Å². The second kappa shape index (κ2) is 30.4. The predicted octanol–water partition coefficient (Wildman–Crippen LogP) is 9.11. The molecule has 0 rings (SSSR count). The molecule has 0 aromatic carbocycles. The van der Waals surface area contributed by atoms with E-state index >= 15 is 0 Å². The molecular weight excluding hydrogens is 488 g/mol. The Morgan fingerprint density at radius 2 is 1.10 bits per heavy atom. The van der Waals surface area contributed by atoms with E-state index in [2.05, 4.69) is 62.5 Å². The van der Waals surface area contributed by atoms with Gasteiger partial charge in [-0.2, -0.15) is 0 Å². The van der Waals surface area contributed by atoms with Crippen LogP contribution in [-0.4, -0.2) is 36.4 Å². The molecule has 0 fully saturated rings. The third kappa shape index (κ3) is 28.7. The minimum absolute atomic E-state index is 0.0826. The third-order valence-electron chi connectivity index (χ3n) is 6.39. The second-order valence-corrected chi connectivity index (χ2v) is 10.2. The Bertz CT molecular complexity index is 677. The van der Waals surface area contributed by atoms with Crippen molar-refractivity contribution in [2.45, 2.75) is 142 Å². The highest BCUT2D eigenvalue weighted by Crippen LogP contribution is 2.12. The Morgan fingerprint density at radius 1 is 0.615 bits per heavy atom. The van der Waals surface area contributed by atoms with E-state index in [1.807, 2.05) is 0 Å². The predicted molar refractivity (Wildman–Crippen MR) is 164 cm³/mol. The molecule has 0 aromatic rings. The first-order valence-corrected chi connectivity index (χ1v) is 15.7. The summed E-state index contributed by atoms with van der Waals surface area (Å²) in [6.07, 6.45) is 35.9. The van der Waals surface area contributed by atoms with Crippen LogP contribution in [0.25, 0.3) is 0 Å². The first kappa shape index (κ1) is 36.9. The van der Waals surface area contributed by atoms with E-state index in [0.717, 1.165) is 64.2 Å². The van der Waals surface area contributed by atoms with Crippen LogP contribution in [0.5, 0.6) is 0 Å². The number of aliphatic hydroxyl groups is 1. The molecule has 1 N–H and O–H groups in total. The van der Waals surface area contributed by atoms with Crippen LogP contribution in [0.2, 0.25) is 0 Å². The van der Waals surface area contributed by atoms with Gasteiger partial charge in [0.1, 0.15) is 6.61 Å². The number of rotatable bonds is 27. The van der Waals surface area contributed by atoms with Crippen molar-refractivity contribution in [3.05, 3.63) is 48.6 Å². The number of hydrogen-bond donors (Lipinski definition) is 1. The topological polar surface area (TPSA) is 72.8 Å². The van der Waals surface area contributed by atoms with E-state index in [4.69, 9.17) is 9.47 Å². The van der Waals surface area contributed by atoms with E-state index < -0.39 is 6.10 Å². The van der Waals surface area contributed by atoms with Crippen molar-refractivity contribution in [2.75, 3.05) is 13.2 Å². The molecule has 39 heavy (non-hydrogen) atoms. The minimum Gasteiger partial charge on any atom is -0.462 e. The number of carbonyl (C=O) groups excluding carboxylic acids is 2. The molecule has 0 saturated heterocycles. The lowest BCUT2D eigenvalue weighted by Crippen LogP contribution is -2.28. The van der Waals surface area contributed by atoms with Crippen molar-refractivity contribution in [2.24, 2.45) is 0 Å². The Labute approximate surface area is 239 Å². The highest BCUT2D eigenvalue weighted by molar-refractivity contribution is 5.70. The Kier molecular flexibility index (Phi) is 28.7. The van der Waals surface area contributed by atoms with E-state index in [-0.39, 0.29) is 25.2 Å². The molecule has 5 heteroatoms. The lowest BCUT2D eigenvalue weighted by atomic mass is 10.1. The smallest absolute Gasteiger partial charge is 0.306 e. The van der Waals surface area contributed by atoms with Gasteiger partial charge in [0.25, 0.3) is 0 Å². The summed E-state index contributed by atoms with van der Waals surface area (Å²) in [4.78, 5) is 24.0. The molecule has 0 heterocycles. The number of aliphatic hydroxyl groups excluding tert-OH is 1. The van der Waals surface area contributed by atoms with Crippen molar-refractivity contribution in [1.29, 1.82) is 0 Å². The van der Waals surface area contributed by atoms with Crippen molar-refractivity contribution in [3.63, 3.8) is 0 Å². The summed E-state index contributed by atoms with van der Waals surface area (Å²) in [5.74, 6) is -0.646. The number of hydrogen-bond acceptors (Lipinski definition) is 5. The van der Waals surface area contributed by atoms with Crippen molar-refractivity contribution < 1.29 is 24.2 Å². The lowest BCUT2D eigenvalue weighted by Gasteiger charge is -2.15. The maximum atomic E-state index is 12.1. The van der Waals surface area contributed by atoms with E-state index in [9.17, 15) is 14.7 Å². The number of unbranched alkanes of at least 4 members (excludes halogenated alkanes) is 11. The van der Waals surface area contributed by atoms with Crippen LogP contribution in [0.1, 0.15) is 136 Å². The molecule has 0 spiro atoms. The highest BCUT2D eigenvalue weighted by Gasteiger charge is 2.15. The number of carbonyl (C=O) groups is 2. The lowest BCUT2D eigenvalue weighted by molar-refractivity contribution is -0.161. The first-order chi connectivity index (χ1) is 19.1. The molecule has 0 radical (unpaired) electrons. The van der Waals surface area contributed by atoms with Gasteiger partial charge >= 0.3 is 11.9 Å². The fourth-order valence-electron chi connectivity index (χ4n) is 4.01. The van der Waals surface area contributed by atoms with Gasteiger partial charge in [-0.1, -0.05) is 120 Å². The van der Waals surface area contributed by atoms with Crippen molar-refractivity contribution in [1.82, 2.24) is 0 Å². The van der Waals surface area contributed by atoms with Crippen LogP contribution >= 0.6 is 0 Å². The Balaban J connectivity index is 3.71. The Hall–Kier alpha value is -2.14. The molecule has 224 valence electrons. The monoisotopic (exact) mass is 546 g/mol. The average molecular weight is 547 g/mol. The van der Waals surface area contributed by atoms with Gasteiger partial charge in [0, 0.05) is 12.8 Å². The Morgan fingerprint density at radius 3 is 1.67 bits per heavy atom. The van der Waals surface area contributed by atoms with Gasteiger partial charge in [0.2, 0.25) is 0 Å². The summed E-state index contributed by atoms with van der Waals surface area (Å²) in [6, 6.07) is 0. The summed E-state index contributed by atoms with van der Waals surface area (Å²) in [5, 5.41) is 9.47. The summed E-state index contributed by atoms with van der Waals surface area (Å²) >= 11 is 0. The van der Waals surface area contributed by atoms with Gasteiger partial charge in [-0.15, -0.1) is 0 Å². The average Bonchev–Trinajstić information content (AvgIpc) is 2.94. The van der Waals surface area contributed by atoms with E-state index in [0.29, 0.717) is 12.8 Å². The van der Waals surface area contributed by atoms with Gasteiger partial charge in [0.05, 0.1) is 6.61 Å². The van der Waals surface area contributed by atoms with Gasteiger partial charge in [-0.25, -0.2) is 0 Å². The van der Waals surface area contributed by atoms with Crippen LogP contribution in [0.15, 0.2) is 48.6 Å². The normalized spacial score (nSPS) is 12.8. The molecule has 0 saturated carbocycles. The summed E-state index contributed by atoms with van der Waals surface area (Å²) in [7, 11) is 0. The third-order valence-corrected chi connectivity index (χ3v) is 6.39. The summed E-state index contributed by atoms with van der Waals surface area (Å²) < 4.78 is 10.5. The van der Waals surface area contributed by atoms with Gasteiger partial charge in [-0.3, -0.25) is 9.59 Å². The van der Waals surface area contributed by atoms with Gasteiger partial charge < -0.3 is 14.6 Å². The minimum atomic E-state index is -0.788. The van der Waals surface area contributed by atoms with E-state index in [1.165, 1.54) is 44.9 Å². The van der Waals surface area contributed by atoms with Crippen molar-refractivity contribution >= 4 is 11.9 Å². The van der Waals surface area contributed by atoms with Crippen LogP contribution in [-0.2, 0) is 19.1 Å². The van der Waals surface area contributed by atoms with Crippen LogP contribution in [0.3, 0.4) is 0 Å². The van der Waals surface area contributed by atoms with Crippen LogP contribution in [0.4, 0.5) is 0 Å². The molecule has 0 amide bonds. The first-order valence-electron chi connectivity index (χ1n) is 15.7. The molecule has 0 bridgehead atoms. The zero-order valence-electron chi connectivity index (χ0n) is 25.1. The molecule has 0 aliphatic carbocycles. The standard InChI is InChI=1S/C34H58O5/c1-3-5-7-9-11-13-15-16-17-18-19-21-23-25-27-29-34(37)39-32(30-35)31-38-33(36)28-26-24-22-20-14-12-10-8-6-4-2/h5,7,11,13,16-17,19,21,32,35H,3-4,6,8-10,12,14-15,18,20,22-31H2,1-2H3/b7-5-,13-11-,17-16-,21-19-. The van der Waals surface area contributed by atoms with Crippen LogP contribution < -0.4 is 0 Å². The molecule has 0 aliphatic heterocycles. The molecule has 5 nitrogen and oxygen atoms in total. The van der Waals surface area contributed by atoms with Gasteiger partial charge in [-0.05, 0) is 51.4 Å². The fourth-order valence-corrected chi connectivity index (χ4v) is 4.01. The molecular formula is C34H58O5. The summed E-state index contributed by atoms with van der Waals surface area (Å²) in [6.45, 7) is 3.94. The molecule has 1 atom stereocenters. The maximum absolute atomic E-state index is 12.1. The molecule has 0 aliphatic rings. The zero-order chi connectivity index (χ0) is 28.7. The highest BCUT2D eigenvalue weighted by atomic mass is 16.6. The largest absolute Gasteiger partial charge is 0.462 e. The quantitative estimate of drug-likeness (QED) is 0.0632. The van der Waals surface area contributed by atoms with Gasteiger partial charge in [0.15, 0.2) is 6.10 Å². The SMILES string of the molecule is CC/C=C\C/C=C\C/C=C\C/C=C\CCCCC(=O)OC(CO)COC(=O)CCCCCCCCCCCC. The molecule has 0 aromatic heterocycles. The zero-order valence-corrected chi connectivity index (χ0v) is 25.1. The number of esters is 2. The number of allylic oxidation sites excluding steroid dienone is 8. The fraction of sp³-hybridized carbons (Fsp3) is 0.706. The molecule has 1 unspecified atom stereocenters. The second-order valence-electron chi connectivity index (χ2n) is 10.2. The van der Waals surface area contributed by atoms with Crippen molar-refractivity contribution in [3.8, 4) is 0 Å². The summed E-state index contributed by atoms with van der Waals surface area (Å²) in [5.41, 5.74) is 0. The number of ether oxygens (including phenoxy) is 2. The maximum Gasteiger partial charge on any atom is 0.306 e. The van der Waals surface area contributed by atoms with Crippen LogP contribution in [0, 0.1) is 0 Å².